The van der Waals surface area contributed by atoms with Crippen LogP contribution in [0.5, 0.6) is 0 Å². The van der Waals surface area contributed by atoms with Crippen molar-refractivity contribution < 1.29 is 14.1 Å². The van der Waals surface area contributed by atoms with Gasteiger partial charge in [0.1, 0.15) is 11.9 Å². The predicted octanol–water partition coefficient (Wildman–Crippen LogP) is 0.737. The summed E-state index contributed by atoms with van der Waals surface area (Å²) < 4.78 is 5.22. The van der Waals surface area contributed by atoms with E-state index in [1.807, 2.05) is 0 Å². The Kier molecular flexibility index (Phi) is 7.16. The largest absolute Gasteiger partial charge is 0.457 e. The van der Waals surface area contributed by atoms with Crippen LogP contribution in [0.15, 0.2) is 16.5 Å². The standard InChI is InChI=1S/C11H17N3O4S/c1-12-11(6-14(16)17)13-4-5-19-8-10-3-2-9(7-15)18-10/h2-3,7,11-13H,4-6,8H2,1H3. The Morgan fingerprint density at radius 2 is 2.37 bits per heavy atom. The summed E-state index contributed by atoms with van der Waals surface area (Å²) in [5.74, 6) is 2.56. The molecule has 1 aromatic rings. The molecule has 106 valence electrons. The summed E-state index contributed by atoms with van der Waals surface area (Å²) in [4.78, 5) is 20.4. The number of thioether (sulfide) groups is 1. The fourth-order valence-electron chi connectivity index (χ4n) is 1.42. The third kappa shape index (κ3) is 6.37. The minimum Gasteiger partial charge on any atom is -0.457 e. The zero-order valence-corrected chi connectivity index (χ0v) is 11.4. The van der Waals surface area contributed by atoms with E-state index >= 15 is 0 Å². The summed E-state index contributed by atoms with van der Waals surface area (Å²) in [6.45, 7) is 0.507. The van der Waals surface area contributed by atoms with Crippen LogP contribution in [0, 0.1) is 10.1 Å². The maximum atomic E-state index is 10.4. The fourth-order valence-corrected chi connectivity index (χ4v) is 2.18. The number of likely N-dealkylation sites (N-methyl/N-ethyl adjacent to an activating group) is 1. The van der Waals surface area contributed by atoms with Gasteiger partial charge in [-0.2, -0.15) is 11.8 Å². The maximum absolute atomic E-state index is 10.4. The van der Waals surface area contributed by atoms with Crippen molar-refractivity contribution in [3.05, 3.63) is 33.8 Å². The van der Waals surface area contributed by atoms with Crippen molar-refractivity contribution in [1.29, 1.82) is 0 Å². The summed E-state index contributed by atoms with van der Waals surface area (Å²) in [7, 11) is 1.68. The van der Waals surface area contributed by atoms with E-state index in [2.05, 4.69) is 10.6 Å². The van der Waals surface area contributed by atoms with Crippen LogP contribution in [0.1, 0.15) is 16.3 Å². The lowest BCUT2D eigenvalue weighted by molar-refractivity contribution is -0.484. The molecule has 2 N–H and O–H groups in total. The minimum atomic E-state index is -0.356. The van der Waals surface area contributed by atoms with Crippen LogP contribution in [-0.4, -0.2) is 43.3 Å². The van der Waals surface area contributed by atoms with Crippen molar-refractivity contribution in [2.75, 3.05) is 25.9 Å². The number of hydrogen-bond acceptors (Lipinski definition) is 7. The van der Waals surface area contributed by atoms with Gasteiger partial charge in [-0.25, -0.2) is 0 Å². The van der Waals surface area contributed by atoms with E-state index in [4.69, 9.17) is 4.42 Å². The van der Waals surface area contributed by atoms with Gasteiger partial charge in [0, 0.05) is 17.2 Å². The van der Waals surface area contributed by atoms with Gasteiger partial charge in [-0.05, 0) is 19.2 Å². The predicted molar refractivity (Wildman–Crippen MR) is 73.0 cm³/mol. The fraction of sp³-hybridized carbons (Fsp3) is 0.545. The van der Waals surface area contributed by atoms with E-state index in [9.17, 15) is 14.9 Å². The first-order valence-corrected chi connectivity index (χ1v) is 6.95. The summed E-state index contributed by atoms with van der Waals surface area (Å²) >= 11 is 1.63. The first-order chi connectivity index (χ1) is 9.15. The molecule has 0 bridgehead atoms. The average Bonchev–Trinajstić information content (AvgIpc) is 2.84. The maximum Gasteiger partial charge on any atom is 0.231 e. The third-order valence-electron chi connectivity index (χ3n) is 2.36. The van der Waals surface area contributed by atoms with Crippen LogP contribution < -0.4 is 10.6 Å². The lowest BCUT2D eigenvalue weighted by Crippen LogP contribution is -2.46. The van der Waals surface area contributed by atoms with Gasteiger partial charge in [0.05, 0.1) is 5.75 Å². The summed E-state index contributed by atoms with van der Waals surface area (Å²) in [6.07, 6.45) is 0.353. The Morgan fingerprint density at radius 3 is 2.95 bits per heavy atom. The highest BCUT2D eigenvalue weighted by atomic mass is 32.2. The number of carbonyl (C=O) groups excluding carboxylic acids is 1. The molecule has 8 heteroatoms. The molecule has 0 aliphatic heterocycles. The van der Waals surface area contributed by atoms with Crippen molar-refractivity contribution in [3.63, 3.8) is 0 Å². The first-order valence-electron chi connectivity index (χ1n) is 5.79. The molecule has 1 heterocycles. The molecule has 1 atom stereocenters. The van der Waals surface area contributed by atoms with Gasteiger partial charge in [0.15, 0.2) is 12.0 Å². The van der Waals surface area contributed by atoms with E-state index in [1.54, 1.807) is 30.9 Å². The second kappa shape index (κ2) is 8.68. The molecule has 1 rings (SSSR count). The van der Waals surface area contributed by atoms with Gasteiger partial charge >= 0.3 is 0 Å². The van der Waals surface area contributed by atoms with E-state index in [0.717, 1.165) is 11.5 Å². The van der Waals surface area contributed by atoms with E-state index in [0.29, 0.717) is 24.3 Å². The Bertz CT molecular complexity index is 410. The molecule has 0 aromatic carbocycles. The van der Waals surface area contributed by atoms with Crippen molar-refractivity contribution >= 4 is 18.0 Å². The molecule has 19 heavy (non-hydrogen) atoms. The molecule has 1 unspecified atom stereocenters. The molecular formula is C11H17N3O4S. The van der Waals surface area contributed by atoms with Crippen LogP contribution in [-0.2, 0) is 5.75 Å². The molecule has 0 fully saturated rings. The Morgan fingerprint density at radius 1 is 1.58 bits per heavy atom. The van der Waals surface area contributed by atoms with Gasteiger partial charge in [0.25, 0.3) is 0 Å². The molecular weight excluding hydrogens is 270 g/mol. The molecule has 0 saturated heterocycles. The van der Waals surface area contributed by atoms with Crippen molar-refractivity contribution in [3.8, 4) is 0 Å². The van der Waals surface area contributed by atoms with Gasteiger partial charge in [0.2, 0.25) is 6.54 Å². The molecule has 0 aliphatic carbocycles. The summed E-state index contributed by atoms with van der Waals surface area (Å²) in [5, 5.41) is 16.2. The van der Waals surface area contributed by atoms with Crippen LogP contribution in [0.25, 0.3) is 0 Å². The number of nitrogens with zero attached hydrogens (tertiary/aromatic N) is 1. The quantitative estimate of drug-likeness (QED) is 0.215. The molecule has 0 amide bonds. The Balaban J connectivity index is 2.13. The first kappa shape index (κ1) is 15.7. The van der Waals surface area contributed by atoms with Gasteiger partial charge in [-0.3, -0.25) is 25.5 Å². The van der Waals surface area contributed by atoms with Crippen molar-refractivity contribution in [2.24, 2.45) is 0 Å². The van der Waals surface area contributed by atoms with E-state index in [-0.39, 0.29) is 17.6 Å². The second-order valence-electron chi connectivity index (χ2n) is 3.79. The molecule has 7 nitrogen and oxygen atoms in total. The number of hydrogen-bond donors (Lipinski definition) is 2. The van der Waals surface area contributed by atoms with Crippen LogP contribution in [0.4, 0.5) is 0 Å². The topological polar surface area (TPSA) is 97.4 Å². The summed E-state index contributed by atoms with van der Waals surface area (Å²) in [6, 6.07) is 3.41. The third-order valence-corrected chi connectivity index (χ3v) is 3.34. The molecule has 0 saturated carbocycles. The molecule has 0 spiro atoms. The monoisotopic (exact) mass is 287 g/mol. The lowest BCUT2D eigenvalue weighted by atomic mass is 10.4. The smallest absolute Gasteiger partial charge is 0.231 e. The lowest BCUT2D eigenvalue weighted by Gasteiger charge is -2.13. The second-order valence-corrected chi connectivity index (χ2v) is 4.89. The number of carbonyl (C=O) groups is 1. The highest BCUT2D eigenvalue weighted by Gasteiger charge is 2.11. The number of rotatable bonds is 10. The van der Waals surface area contributed by atoms with Crippen molar-refractivity contribution in [1.82, 2.24) is 10.6 Å². The van der Waals surface area contributed by atoms with Crippen molar-refractivity contribution in [2.45, 2.75) is 11.9 Å². The number of aldehydes is 1. The zero-order chi connectivity index (χ0) is 14.1. The number of nitro groups is 1. The minimum absolute atomic E-state index is 0.151. The van der Waals surface area contributed by atoms with Gasteiger partial charge < -0.3 is 4.42 Å². The van der Waals surface area contributed by atoms with E-state index in [1.165, 1.54) is 0 Å². The zero-order valence-electron chi connectivity index (χ0n) is 10.6. The van der Waals surface area contributed by atoms with Crippen LogP contribution in [0.3, 0.4) is 0 Å². The molecule has 0 radical (unpaired) electrons. The van der Waals surface area contributed by atoms with Gasteiger partial charge in [-0.15, -0.1) is 0 Å². The van der Waals surface area contributed by atoms with Gasteiger partial charge in [-0.1, -0.05) is 0 Å². The number of furan rings is 1. The number of nitrogens with one attached hydrogen (secondary N) is 2. The highest BCUT2D eigenvalue weighted by Crippen LogP contribution is 2.13. The Labute approximate surface area is 115 Å². The van der Waals surface area contributed by atoms with Crippen LogP contribution >= 0.6 is 11.8 Å². The normalized spacial score (nSPS) is 12.3. The van der Waals surface area contributed by atoms with Crippen LogP contribution in [0.2, 0.25) is 0 Å². The molecule has 0 aliphatic rings. The Hall–Kier alpha value is -1.38. The average molecular weight is 287 g/mol. The molecule has 1 aromatic heterocycles. The highest BCUT2D eigenvalue weighted by molar-refractivity contribution is 7.98. The SMILES string of the molecule is CNC(C[N+](=O)[O-])NCCSCc1ccc(C=O)o1. The van der Waals surface area contributed by atoms with E-state index < -0.39 is 0 Å². The summed E-state index contributed by atoms with van der Waals surface area (Å²) in [5.41, 5.74) is 0.